The van der Waals surface area contributed by atoms with Crippen LogP contribution in [-0.2, 0) is 9.84 Å². The van der Waals surface area contributed by atoms with E-state index < -0.39 is 31.1 Å². The predicted octanol–water partition coefficient (Wildman–Crippen LogP) is 3.05. The van der Waals surface area contributed by atoms with Gasteiger partial charge >= 0.3 is 5.76 Å². The highest BCUT2D eigenvalue weighted by molar-refractivity contribution is 7.91. The lowest BCUT2D eigenvalue weighted by molar-refractivity contribution is -0.384. The molecule has 0 spiro atoms. The van der Waals surface area contributed by atoms with Crippen molar-refractivity contribution >= 4 is 38.5 Å². The Bertz CT molecular complexity index is 1000. The van der Waals surface area contributed by atoms with E-state index in [0.29, 0.717) is 37.6 Å². The number of benzene rings is 1. The van der Waals surface area contributed by atoms with E-state index >= 15 is 0 Å². The van der Waals surface area contributed by atoms with Gasteiger partial charge < -0.3 is 10.2 Å². The molecule has 0 unspecified atom stereocenters. The second-order valence-electron chi connectivity index (χ2n) is 6.46. The van der Waals surface area contributed by atoms with Gasteiger partial charge in [-0.25, -0.2) is 8.42 Å². The highest BCUT2D eigenvalue weighted by Gasteiger charge is 2.31. The molecule has 3 rings (SSSR count). The fourth-order valence-electron chi connectivity index (χ4n) is 3.12. The zero-order valence-corrected chi connectivity index (χ0v) is 16.6. The molecule has 1 aliphatic heterocycles. The fraction of sp³-hybridized carbons (Fsp3) is 0.353. The van der Waals surface area contributed by atoms with Gasteiger partial charge in [-0.15, -0.1) is 0 Å². The number of carbonyl (C=O) groups excluding carboxylic acids is 1. The summed E-state index contributed by atoms with van der Waals surface area (Å²) in [6.45, 7) is 0.771. The lowest BCUT2D eigenvalue weighted by Crippen LogP contribution is -2.44. The second kappa shape index (κ2) is 8.41. The first kappa shape index (κ1) is 21.1. The van der Waals surface area contributed by atoms with E-state index in [1.165, 1.54) is 17.4 Å². The molecule has 0 bridgehead atoms. The van der Waals surface area contributed by atoms with Crippen molar-refractivity contribution in [1.82, 2.24) is 5.32 Å². The minimum absolute atomic E-state index is 0.101. The van der Waals surface area contributed by atoms with Crippen LogP contribution in [0.4, 0.5) is 20.2 Å². The standard InChI is InChI=1S/C17H17F2N3O5S2/c18-17(19)29(26,27)13-1-2-14(15(9-13)22(24)25)21-6-3-12(4-7-21)20-16(23)11-5-8-28-10-11/h1-2,5,8-10,12,17H,3-4,6-7H2,(H,20,23). The van der Waals surface area contributed by atoms with Crippen LogP contribution in [0.15, 0.2) is 39.9 Å². The van der Waals surface area contributed by atoms with E-state index in [4.69, 9.17) is 0 Å². The summed E-state index contributed by atoms with van der Waals surface area (Å²) in [6.07, 6.45) is 1.06. The molecule has 2 heterocycles. The van der Waals surface area contributed by atoms with Crippen LogP contribution in [0.5, 0.6) is 0 Å². The predicted molar refractivity (Wildman–Crippen MR) is 103 cm³/mol. The van der Waals surface area contributed by atoms with E-state index in [9.17, 15) is 32.1 Å². The van der Waals surface area contributed by atoms with E-state index in [0.717, 1.165) is 6.07 Å². The van der Waals surface area contributed by atoms with E-state index in [1.807, 2.05) is 0 Å². The Hall–Kier alpha value is -2.60. The summed E-state index contributed by atoms with van der Waals surface area (Å²) in [6, 6.07) is 4.41. The molecule has 8 nitrogen and oxygen atoms in total. The van der Waals surface area contributed by atoms with Gasteiger partial charge in [0.15, 0.2) is 0 Å². The summed E-state index contributed by atoms with van der Waals surface area (Å²) in [4.78, 5) is 23.6. The number of sulfone groups is 1. The molecule has 0 atom stereocenters. The normalized spacial score (nSPS) is 15.5. The van der Waals surface area contributed by atoms with E-state index in [1.54, 1.807) is 21.7 Å². The van der Waals surface area contributed by atoms with Crippen molar-refractivity contribution < 1.29 is 26.9 Å². The largest absolute Gasteiger partial charge is 0.366 e. The minimum atomic E-state index is -4.93. The van der Waals surface area contributed by atoms with Crippen LogP contribution < -0.4 is 10.2 Å². The summed E-state index contributed by atoms with van der Waals surface area (Å²) >= 11 is 1.41. The van der Waals surface area contributed by atoms with Crippen LogP contribution in [-0.4, -0.2) is 44.1 Å². The van der Waals surface area contributed by atoms with Gasteiger partial charge in [0, 0.05) is 36.1 Å². The molecule has 0 saturated carbocycles. The molecule has 12 heteroatoms. The molecule has 29 heavy (non-hydrogen) atoms. The van der Waals surface area contributed by atoms with Crippen molar-refractivity contribution in [2.45, 2.75) is 29.5 Å². The summed E-state index contributed by atoms with van der Waals surface area (Å²) < 4.78 is 48.7. The average Bonchev–Trinajstić information content (AvgIpc) is 3.23. The monoisotopic (exact) mass is 445 g/mol. The molecule has 1 N–H and O–H groups in total. The quantitative estimate of drug-likeness (QED) is 0.541. The lowest BCUT2D eigenvalue weighted by atomic mass is 10.0. The number of nitro groups is 1. The van der Waals surface area contributed by atoms with Crippen LogP contribution in [0.2, 0.25) is 0 Å². The smallest absolute Gasteiger partial charge is 0.341 e. The zero-order chi connectivity index (χ0) is 21.2. The van der Waals surface area contributed by atoms with E-state index in [-0.39, 0.29) is 17.6 Å². The second-order valence-corrected chi connectivity index (χ2v) is 9.16. The number of nitro benzene ring substituents is 1. The average molecular weight is 445 g/mol. The molecule has 156 valence electrons. The van der Waals surface area contributed by atoms with Crippen molar-refractivity contribution in [2.75, 3.05) is 18.0 Å². The first-order valence-electron chi connectivity index (χ1n) is 8.58. The Balaban J connectivity index is 1.73. The Labute approximate surface area is 169 Å². The van der Waals surface area contributed by atoms with Gasteiger partial charge in [0.1, 0.15) is 5.69 Å². The van der Waals surface area contributed by atoms with Crippen molar-refractivity contribution in [3.05, 3.63) is 50.7 Å². The Kier molecular flexibility index (Phi) is 6.13. The number of nitrogens with zero attached hydrogens (tertiary/aromatic N) is 2. The van der Waals surface area contributed by atoms with Crippen molar-refractivity contribution in [2.24, 2.45) is 0 Å². The molecule has 1 aromatic heterocycles. The number of carbonyl (C=O) groups is 1. The summed E-state index contributed by atoms with van der Waals surface area (Å²) in [5, 5.41) is 17.9. The number of halogens is 2. The minimum Gasteiger partial charge on any atom is -0.366 e. The summed E-state index contributed by atoms with van der Waals surface area (Å²) in [7, 11) is -4.93. The van der Waals surface area contributed by atoms with Crippen LogP contribution in [0.3, 0.4) is 0 Å². The van der Waals surface area contributed by atoms with Gasteiger partial charge in [0.2, 0.25) is 9.84 Å². The fourth-order valence-corrected chi connectivity index (χ4v) is 4.50. The number of anilines is 1. The highest BCUT2D eigenvalue weighted by Crippen LogP contribution is 2.34. The van der Waals surface area contributed by atoms with Crippen molar-refractivity contribution in [1.29, 1.82) is 0 Å². The zero-order valence-electron chi connectivity index (χ0n) is 15.0. The number of rotatable bonds is 6. The van der Waals surface area contributed by atoms with Gasteiger partial charge in [0.05, 0.1) is 9.82 Å². The van der Waals surface area contributed by atoms with Gasteiger partial charge in [0.25, 0.3) is 11.6 Å². The molecule has 0 aliphatic carbocycles. The first-order chi connectivity index (χ1) is 13.7. The molecular formula is C17H17F2N3O5S2. The molecule has 1 amide bonds. The molecule has 1 saturated heterocycles. The molecule has 1 fully saturated rings. The number of hydrogen-bond acceptors (Lipinski definition) is 7. The van der Waals surface area contributed by atoms with E-state index in [2.05, 4.69) is 5.32 Å². The lowest BCUT2D eigenvalue weighted by Gasteiger charge is -2.33. The maximum Gasteiger partial charge on any atom is 0.341 e. The Morgan fingerprint density at radius 2 is 1.97 bits per heavy atom. The van der Waals surface area contributed by atoms with Crippen LogP contribution in [0.25, 0.3) is 0 Å². The van der Waals surface area contributed by atoms with Crippen LogP contribution in [0.1, 0.15) is 23.2 Å². The van der Waals surface area contributed by atoms with Gasteiger partial charge in [-0.2, -0.15) is 20.1 Å². The Morgan fingerprint density at radius 3 is 2.52 bits per heavy atom. The van der Waals surface area contributed by atoms with Crippen LogP contribution >= 0.6 is 11.3 Å². The Morgan fingerprint density at radius 1 is 1.28 bits per heavy atom. The van der Waals surface area contributed by atoms with Crippen molar-refractivity contribution in [3.63, 3.8) is 0 Å². The third-order valence-electron chi connectivity index (χ3n) is 4.66. The molecule has 1 aliphatic rings. The number of hydrogen-bond donors (Lipinski definition) is 1. The SMILES string of the molecule is O=C(NC1CCN(c2ccc(S(=O)(=O)C(F)F)cc2[N+](=O)[O-])CC1)c1ccsc1. The van der Waals surface area contributed by atoms with Crippen molar-refractivity contribution in [3.8, 4) is 0 Å². The van der Waals surface area contributed by atoms with Gasteiger partial charge in [-0.05, 0) is 36.4 Å². The van der Waals surface area contributed by atoms with Crippen LogP contribution in [0, 0.1) is 10.1 Å². The molecular weight excluding hydrogens is 428 g/mol. The highest BCUT2D eigenvalue weighted by atomic mass is 32.2. The maximum absolute atomic E-state index is 12.7. The first-order valence-corrected chi connectivity index (χ1v) is 11.1. The summed E-state index contributed by atoms with van der Waals surface area (Å²) in [5.41, 5.74) is 0.183. The molecule has 0 radical (unpaired) electrons. The number of alkyl halides is 2. The number of piperidine rings is 1. The topological polar surface area (TPSA) is 110 Å². The number of thiophene rings is 1. The third-order valence-corrected chi connectivity index (χ3v) is 6.72. The van der Waals surface area contributed by atoms with Gasteiger partial charge in [-0.1, -0.05) is 0 Å². The maximum atomic E-state index is 12.7. The van der Waals surface area contributed by atoms with Gasteiger partial charge in [-0.3, -0.25) is 14.9 Å². The summed E-state index contributed by atoms with van der Waals surface area (Å²) in [5.74, 6) is -3.84. The number of amides is 1. The number of nitrogens with one attached hydrogen (secondary N) is 1. The molecule has 1 aromatic carbocycles. The molecule has 2 aromatic rings. The third kappa shape index (κ3) is 4.53.